The molecule has 0 bridgehead atoms. The van der Waals surface area contributed by atoms with Gasteiger partial charge in [-0.2, -0.15) is 13.2 Å². The molecule has 0 unspecified atom stereocenters. The highest BCUT2D eigenvalue weighted by molar-refractivity contribution is 5.03. The third-order valence-corrected chi connectivity index (χ3v) is 2.23. The van der Waals surface area contributed by atoms with Crippen molar-refractivity contribution in [3.63, 3.8) is 0 Å². The quantitative estimate of drug-likeness (QED) is 0.784. The van der Waals surface area contributed by atoms with Crippen LogP contribution < -0.4 is 5.56 Å². The van der Waals surface area contributed by atoms with Crippen molar-refractivity contribution in [3.8, 4) is 0 Å². The molecule has 1 aliphatic rings. The van der Waals surface area contributed by atoms with Crippen molar-refractivity contribution in [3.05, 3.63) is 22.1 Å². The lowest BCUT2D eigenvalue weighted by molar-refractivity contribution is -0.141. The van der Waals surface area contributed by atoms with Gasteiger partial charge in [0.25, 0.3) is 5.56 Å². The minimum atomic E-state index is -4.46. The Labute approximate surface area is 77.5 Å². The van der Waals surface area contributed by atoms with E-state index in [1.165, 1.54) is 0 Å². The first-order chi connectivity index (χ1) is 6.47. The van der Waals surface area contributed by atoms with Crippen LogP contribution in [0, 0.1) is 5.92 Å². The maximum absolute atomic E-state index is 12.2. The minimum Gasteiger partial charge on any atom is -0.291 e. The Bertz CT molecular complexity index is 386. The number of nitrogens with zero attached hydrogens (tertiary/aromatic N) is 1. The van der Waals surface area contributed by atoms with Gasteiger partial charge in [0.2, 0.25) is 0 Å². The number of H-pyrrole nitrogens is 1. The fourth-order valence-electron chi connectivity index (χ4n) is 1.27. The molecule has 0 spiro atoms. The van der Waals surface area contributed by atoms with Crippen LogP contribution in [-0.2, 0) is 12.7 Å². The van der Waals surface area contributed by atoms with Crippen LogP contribution in [0.2, 0.25) is 0 Å². The molecule has 1 fully saturated rings. The molecule has 1 aliphatic carbocycles. The molecule has 78 valence electrons. The zero-order valence-corrected chi connectivity index (χ0v) is 7.27. The van der Waals surface area contributed by atoms with Crippen LogP contribution in [0.15, 0.2) is 10.9 Å². The molecule has 1 aromatic rings. The summed E-state index contributed by atoms with van der Waals surface area (Å²) < 4.78 is 37.5. The van der Waals surface area contributed by atoms with E-state index in [1.807, 2.05) is 0 Å². The fraction of sp³-hybridized carbons (Fsp3) is 0.625. The number of alkyl halides is 3. The predicted octanol–water partition coefficient (Wildman–Crippen LogP) is 1.61. The molecule has 0 aromatic carbocycles. The standard InChI is InChI=1S/C8H9F3N2O/c9-8(10,11)6-3-7(14)13(12-6)4-5-1-2-5/h3,5,12H,1-2,4H2. The maximum Gasteiger partial charge on any atom is 0.432 e. The van der Waals surface area contributed by atoms with Crippen LogP contribution in [0.5, 0.6) is 0 Å². The Kier molecular flexibility index (Phi) is 1.94. The summed E-state index contributed by atoms with van der Waals surface area (Å²) in [5, 5.41) is 2.07. The topological polar surface area (TPSA) is 37.8 Å². The molecule has 0 radical (unpaired) electrons. The molecule has 2 rings (SSSR count). The second kappa shape index (κ2) is 2.90. The molecule has 14 heavy (non-hydrogen) atoms. The molecular formula is C8H9F3N2O. The van der Waals surface area contributed by atoms with Crippen molar-refractivity contribution >= 4 is 0 Å². The van der Waals surface area contributed by atoms with Gasteiger partial charge >= 0.3 is 6.18 Å². The summed E-state index contributed by atoms with van der Waals surface area (Å²) in [5.74, 6) is 0.368. The highest BCUT2D eigenvalue weighted by atomic mass is 19.4. The molecule has 1 saturated carbocycles. The van der Waals surface area contributed by atoms with E-state index in [0.29, 0.717) is 18.5 Å². The van der Waals surface area contributed by atoms with E-state index in [0.717, 1.165) is 17.5 Å². The number of halogens is 3. The van der Waals surface area contributed by atoms with Gasteiger partial charge < -0.3 is 0 Å². The second-order valence-corrected chi connectivity index (χ2v) is 3.56. The van der Waals surface area contributed by atoms with Gasteiger partial charge in [0, 0.05) is 12.6 Å². The first kappa shape index (κ1) is 9.36. The lowest BCUT2D eigenvalue weighted by atomic mass is 10.4. The summed E-state index contributed by atoms with van der Waals surface area (Å²) >= 11 is 0. The fourth-order valence-corrected chi connectivity index (χ4v) is 1.27. The zero-order valence-electron chi connectivity index (χ0n) is 7.27. The molecule has 1 N–H and O–H groups in total. The van der Waals surface area contributed by atoms with Crippen molar-refractivity contribution in [1.82, 2.24) is 9.78 Å². The maximum atomic E-state index is 12.2. The van der Waals surface area contributed by atoms with E-state index in [4.69, 9.17) is 0 Å². The van der Waals surface area contributed by atoms with E-state index in [2.05, 4.69) is 5.10 Å². The number of hydrogen-bond donors (Lipinski definition) is 1. The van der Waals surface area contributed by atoms with Gasteiger partial charge in [-0.25, -0.2) is 0 Å². The van der Waals surface area contributed by atoms with Crippen molar-refractivity contribution < 1.29 is 13.2 Å². The summed E-state index contributed by atoms with van der Waals surface area (Å²) in [6.45, 7) is 0.370. The summed E-state index contributed by atoms with van der Waals surface area (Å²) in [7, 11) is 0. The molecular weight excluding hydrogens is 197 g/mol. The summed E-state index contributed by atoms with van der Waals surface area (Å²) in [6, 6.07) is 0.600. The molecule has 1 aromatic heterocycles. The molecule has 1 heterocycles. The minimum absolute atomic E-state index is 0.368. The van der Waals surface area contributed by atoms with Crippen LogP contribution >= 0.6 is 0 Å². The number of aromatic amines is 1. The summed E-state index contributed by atoms with van der Waals surface area (Å²) in [4.78, 5) is 11.1. The lowest BCUT2D eigenvalue weighted by Gasteiger charge is -2.03. The normalized spacial score (nSPS) is 17.4. The van der Waals surface area contributed by atoms with Crippen LogP contribution in [0.25, 0.3) is 0 Å². The Morgan fingerprint density at radius 1 is 1.50 bits per heavy atom. The number of nitrogens with one attached hydrogen (secondary N) is 1. The Hall–Kier alpha value is -1.20. The van der Waals surface area contributed by atoms with E-state index in [1.54, 1.807) is 0 Å². The van der Waals surface area contributed by atoms with Crippen LogP contribution in [0.3, 0.4) is 0 Å². The molecule has 0 amide bonds. The van der Waals surface area contributed by atoms with Gasteiger partial charge in [0.05, 0.1) is 0 Å². The van der Waals surface area contributed by atoms with E-state index >= 15 is 0 Å². The van der Waals surface area contributed by atoms with Gasteiger partial charge in [-0.1, -0.05) is 0 Å². The van der Waals surface area contributed by atoms with Gasteiger partial charge in [-0.15, -0.1) is 0 Å². The molecule has 6 heteroatoms. The first-order valence-corrected chi connectivity index (χ1v) is 4.34. The Balaban J connectivity index is 2.24. The van der Waals surface area contributed by atoms with Crippen LogP contribution in [0.1, 0.15) is 18.5 Å². The highest BCUT2D eigenvalue weighted by Gasteiger charge is 2.34. The lowest BCUT2D eigenvalue weighted by Crippen LogP contribution is -2.17. The van der Waals surface area contributed by atoms with Gasteiger partial charge in [0.1, 0.15) is 5.69 Å². The number of rotatable bonds is 2. The molecule has 3 nitrogen and oxygen atoms in total. The second-order valence-electron chi connectivity index (χ2n) is 3.56. The molecule has 0 atom stereocenters. The van der Waals surface area contributed by atoms with Crippen molar-refractivity contribution in [2.45, 2.75) is 25.6 Å². The van der Waals surface area contributed by atoms with E-state index in [9.17, 15) is 18.0 Å². The van der Waals surface area contributed by atoms with Crippen LogP contribution in [-0.4, -0.2) is 9.78 Å². The average Bonchev–Trinajstić information content (AvgIpc) is 2.76. The van der Waals surface area contributed by atoms with Crippen molar-refractivity contribution in [1.29, 1.82) is 0 Å². The molecule has 0 aliphatic heterocycles. The third kappa shape index (κ3) is 1.83. The Morgan fingerprint density at radius 3 is 2.57 bits per heavy atom. The van der Waals surface area contributed by atoms with E-state index in [-0.39, 0.29) is 0 Å². The summed E-state index contributed by atoms with van der Waals surface area (Å²) in [6.07, 6.45) is -2.48. The van der Waals surface area contributed by atoms with Gasteiger partial charge in [-0.3, -0.25) is 14.6 Å². The monoisotopic (exact) mass is 206 g/mol. The SMILES string of the molecule is O=c1cc(C(F)(F)F)[nH]n1CC1CC1. The smallest absolute Gasteiger partial charge is 0.291 e. The average molecular weight is 206 g/mol. The van der Waals surface area contributed by atoms with Crippen LogP contribution in [0.4, 0.5) is 13.2 Å². The van der Waals surface area contributed by atoms with Gasteiger partial charge in [0.15, 0.2) is 0 Å². The molecule has 0 saturated heterocycles. The van der Waals surface area contributed by atoms with Gasteiger partial charge in [-0.05, 0) is 18.8 Å². The zero-order chi connectivity index (χ0) is 10.3. The highest BCUT2D eigenvalue weighted by Crippen LogP contribution is 2.31. The number of hydrogen-bond acceptors (Lipinski definition) is 1. The Morgan fingerprint density at radius 2 is 2.14 bits per heavy atom. The predicted molar refractivity (Wildman–Crippen MR) is 42.8 cm³/mol. The van der Waals surface area contributed by atoms with E-state index < -0.39 is 17.4 Å². The van der Waals surface area contributed by atoms with Crippen molar-refractivity contribution in [2.75, 3.05) is 0 Å². The third-order valence-electron chi connectivity index (χ3n) is 2.23. The first-order valence-electron chi connectivity index (χ1n) is 4.34. The number of aromatic nitrogens is 2. The summed E-state index contributed by atoms with van der Waals surface area (Å²) in [5.41, 5.74) is -1.58. The van der Waals surface area contributed by atoms with Crippen molar-refractivity contribution in [2.24, 2.45) is 5.92 Å². The largest absolute Gasteiger partial charge is 0.432 e.